The lowest BCUT2D eigenvalue weighted by Crippen LogP contribution is -2.36. The highest BCUT2D eigenvalue weighted by molar-refractivity contribution is 5.81. The fraction of sp³-hybridized carbons (Fsp3) is 0.350. The van der Waals surface area contributed by atoms with Gasteiger partial charge in [0.15, 0.2) is 0 Å². The van der Waals surface area contributed by atoms with Gasteiger partial charge in [-0.3, -0.25) is 4.79 Å². The second-order valence-corrected chi connectivity index (χ2v) is 6.18. The summed E-state index contributed by atoms with van der Waals surface area (Å²) in [6.07, 6.45) is 0. The first-order chi connectivity index (χ1) is 11.6. The average Bonchev–Trinajstić information content (AvgIpc) is 2.59. The van der Waals surface area contributed by atoms with Gasteiger partial charge in [-0.2, -0.15) is 0 Å². The highest BCUT2D eigenvalue weighted by Gasteiger charge is 2.09. The van der Waals surface area contributed by atoms with Crippen molar-refractivity contribution in [1.29, 1.82) is 0 Å². The number of hydrogen-bond acceptors (Lipinski definition) is 3. The van der Waals surface area contributed by atoms with Crippen LogP contribution in [-0.2, 0) is 17.9 Å². The van der Waals surface area contributed by atoms with Crippen molar-refractivity contribution in [2.75, 3.05) is 32.1 Å². The number of carbonyl (C=O) groups is 1. The molecule has 0 aromatic heterocycles. The summed E-state index contributed by atoms with van der Waals surface area (Å²) in [5.74, 6) is 0.0399. The van der Waals surface area contributed by atoms with Crippen LogP contribution < -0.4 is 10.2 Å². The molecule has 0 aliphatic rings. The Bertz CT molecular complexity index is 623. The van der Waals surface area contributed by atoms with Crippen LogP contribution >= 0.6 is 0 Å². The third kappa shape index (κ3) is 5.70. The third-order valence-corrected chi connectivity index (χ3v) is 3.85. The van der Waals surface area contributed by atoms with E-state index in [2.05, 4.69) is 60.4 Å². The molecule has 0 saturated carbocycles. The van der Waals surface area contributed by atoms with Crippen LogP contribution in [0.1, 0.15) is 18.1 Å². The number of nitrogens with zero attached hydrogens (tertiary/aromatic N) is 2. The minimum Gasteiger partial charge on any atom is -0.363 e. The number of anilines is 1. The van der Waals surface area contributed by atoms with E-state index in [1.54, 1.807) is 0 Å². The zero-order valence-corrected chi connectivity index (χ0v) is 14.8. The molecule has 0 aliphatic heterocycles. The van der Waals surface area contributed by atoms with Gasteiger partial charge in [0.1, 0.15) is 0 Å². The maximum Gasteiger partial charge on any atom is 0.239 e. The Morgan fingerprint density at radius 2 is 1.58 bits per heavy atom. The van der Waals surface area contributed by atoms with E-state index in [0.717, 1.165) is 24.3 Å². The van der Waals surface area contributed by atoms with Gasteiger partial charge in [-0.15, -0.1) is 0 Å². The summed E-state index contributed by atoms with van der Waals surface area (Å²) in [6, 6.07) is 18.4. The van der Waals surface area contributed by atoms with E-state index in [1.807, 2.05) is 30.3 Å². The first-order valence-electron chi connectivity index (χ1n) is 8.37. The molecule has 0 atom stereocenters. The topological polar surface area (TPSA) is 35.6 Å². The molecule has 2 aromatic rings. The van der Waals surface area contributed by atoms with Crippen LogP contribution in [0.4, 0.5) is 5.69 Å². The molecule has 128 valence electrons. The standard InChI is InChI=1S/C20H27N3O/c1-4-23(19-8-6-5-7-9-19)16-20(24)21-14-17-10-12-18(13-11-17)15-22(2)3/h5-13H,4,14-16H2,1-3H3,(H,21,24). The second-order valence-electron chi connectivity index (χ2n) is 6.18. The Kier molecular flexibility index (Phi) is 6.82. The highest BCUT2D eigenvalue weighted by Crippen LogP contribution is 2.12. The van der Waals surface area contributed by atoms with Crippen molar-refractivity contribution in [3.63, 3.8) is 0 Å². The van der Waals surface area contributed by atoms with Crippen LogP contribution in [0.15, 0.2) is 54.6 Å². The highest BCUT2D eigenvalue weighted by atomic mass is 16.2. The summed E-state index contributed by atoms with van der Waals surface area (Å²) in [6.45, 7) is 4.72. The summed E-state index contributed by atoms with van der Waals surface area (Å²) in [5, 5.41) is 3.00. The van der Waals surface area contributed by atoms with Crippen molar-refractivity contribution in [3.05, 3.63) is 65.7 Å². The number of benzene rings is 2. The zero-order chi connectivity index (χ0) is 17.4. The minimum absolute atomic E-state index is 0.0399. The number of para-hydroxylation sites is 1. The number of carbonyl (C=O) groups excluding carboxylic acids is 1. The SMILES string of the molecule is CCN(CC(=O)NCc1ccc(CN(C)C)cc1)c1ccccc1. The average molecular weight is 325 g/mol. The first kappa shape index (κ1) is 18.0. The van der Waals surface area contributed by atoms with Crippen molar-refractivity contribution in [2.24, 2.45) is 0 Å². The predicted molar refractivity (Wildman–Crippen MR) is 100 cm³/mol. The molecule has 0 heterocycles. The van der Waals surface area contributed by atoms with Crippen molar-refractivity contribution >= 4 is 11.6 Å². The normalized spacial score (nSPS) is 10.7. The molecule has 1 N–H and O–H groups in total. The van der Waals surface area contributed by atoms with Gasteiger partial charge in [-0.05, 0) is 44.3 Å². The van der Waals surface area contributed by atoms with E-state index in [9.17, 15) is 4.79 Å². The van der Waals surface area contributed by atoms with Crippen LogP contribution in [-0.4, -0.2) is 38.0 Å². The Morgan fingerprint density at radius 3 is 2.17 bits per heavy atom. The first-order valence-corrected chi connectivity index (χ1v) is 8.37. The fourth-order valence-electron chi connectivity index (χ4n) is 2.58. The largest absolute Gasteiger partial charge is 0.363 e. The molecule has 0 bridgehead atoms. The summed E-state index contributed by atoms with van der Waals surface area (Å²) >= 11 is 0. The van der Waals surface area contributed by atoms with Crippen molar-refractivity contribution in [1.82, 2.24) is 10.2 Å². The summed E-state index contributed by atoms with van der Waals surface area (Å²) in [7, 11) is 4.11. The van der Waals surface area contributed by atoms with Gasteiger partial charge in [0.05, 0.1) is 6.54 Å². The van der Waals surface area contributed by atoms with Crippen LogP contribution in [0.2, 0.25) is 0 Å². The second kappa shape index (κ2) is 9.08. The molecule has 2 aromatic carbocycles. The third-order valence-electron chi connectivity index (χ3n) is 3.85. The van der Waals surface area contributed by atoms with Gasteiger partial charge in [0.25, 0.3) is 0 Å². The van der Waals surface area contributed by atoms with E-state index in [1.165, 1.54) is 5.56 Å². The van der Waals surface area contributed by atoms with Crippen LogP contribution in [0.25, 0.3) is 0 Å². The lowest BCUT2D eigenvalue weighted by molar-refractivity contribution is -0.119. The minimum atomic E-state index is 0.0399. The van der Waals surface area contributed by atoms with Crippen molar-refractivity contribution < 1.29 is 4.79 Å². The van der Waals surface area contributed by atoms with Gasteiger partial charge in [0.2, 0.25) is 5.91 Å². The molecule has 1 amide bonds. The molecule has 0 spiro atoms. The van der Waals surface area contributed by atoms with E-state index in [0.29, 0.717) is 13.1 Å². The lowest BCUT2D eigenvalue weighted by Gasteiger charge is -2.22. The van der Waals surface area contributed by atoms with Crippen LogP contribution in [0, 0.1) is 0 Å². The number of rotatable bonds is 8. The van der Waals surface area contributed by atoms with E-state index in [-0.39, 0.29) is 5.91 Å². The molecule has 4 nitrogen and oxygen atoms in total. The summed E-state index contributed by atoms with van der Waals surface area (Å²) in [5.41, 5.74) is 3.47. The molecule has 0 saturated heterocycles. The maximum atomic E-state index is 12.2. The van der Waals surface area contributed by atoms with Gasteiger partial charge < -0.3 is 15.1 Å². The van der Waals surface area contributed by atoms with Crippen LogP contribution in [0.5, 0.6) is 0 Å². The van der Waals surface area contributed by atoms with Crippen LogP contribution in [0.3, 0.4) is 0 Å². The molecule has 0 unspecified atom stereocenters. The number of likely N-dealkylation sites (N-methyl/N-ethyl adjacent to an activating group) is 1. The monoisotopic (exact) mass is 325 g/mol. The van der Waals surface area contributed by atoms with Gasteiger partial charge in [-0.1, -0.05) is 42.5 Å². The van der Waals surface area contributed by atoms with E-state index >= 15 is 0 Å². The lowest BCUT2D eigenvalue weighted by atomic mass is 10.1. The number of amides is 1. The molecule has 0 fully saturated rings. The van der Waals surface area contributed by atoms with Gasteiger partial charge >= 0.3 is 0 Å². The quantitative estimate of drug-likeness (QED) is 0.810. The predicted octanol–water partition coefficient (Wildman–Crippen LogP) is 2.89. The van der Waals surface area contributed by atoms with Crippen molar-refractivity contribution in [3.8, 4) is 0 Å². The Balaban J connectivity index is 1.84. The Labute approximate surface area is 145 Å². The Morgan fingerprint density at radius 1 is 0.958 bits per heavy atom. The zero-order valence-electron chi connectivity index (χ0n) is 14.8. The molecule has 2 rings (SSSR count). The molecular formula is C20H27N3O. The molecule has 0 aliphatic carbocycles. The smallest absolute Gasteiger partial charge is 0.239 e. The Hall–Kier alpha value is -2.33. The molecule has 0 radical (unpaired) electrons. The summed E-state index contributed by atoms with van der Waals surface area (Å²) < 4.78 is 0. The number of hydrogen-bond donors (Lipinski definition) is 1. The molecular weight excluding hydrogens is 298 g/mol. The number of nitrogens with one attached hydrogen (secondary N) is 1. The fourth-order valence-corrected chi connectivity index (χ4v) is 2.58. The summed E-state index contributed by atoms with van der Waals surface area (Å²) in [4.78, 5) is 16.4. The van der Waals surface area contributed by atoms with Crippen molar-refractivity contribution in [2.45, 2.75) is 20.0 Å². The van der Waals surface area contributed by atoms with Gasteiger partial charge in [0, 0.05) is 25.3 Å². The maximum absolute atomic E-state index is 12.2. The van der Waals surface area contributed by atoms with Gasteiger partial charge in [-0.25, -0.2) is 0 Å². The van der Waals surface area contributed by atoms with E-state index in [4.69, 9.17) is 0 Å². The molecule has 4 heteroatoms. The van der Waals surface area contributed by atoms with E-state index < -0.39 is 0 Å². The molecule has 24 heavy (non-hydrogen) atoms.